The largest absolute Gasteiger partial charge is 0.744 e. The number of carbonyl (C=O) groups is 2. The highest BCUT2D eigenvalue weighted by Crippen LogP contribution is 2.66. The number of allylic oxidation sites excluding steroid dienone is 4. The first-order chi connectivity index (χ1) is 36.4. The smallest absolute Gasteiger partial charge is 0.490 e. The van der Waals surface area contributed by atoms with Crippen molar-refractivity contribution in [1.82, 2.24) is 30.2 Å². The topological polar surface area (TPSA) is 444 Å². The lowest BCUT2D eigenvalue weighted by Crippen LogP contribution is -2.42. The number of phosphoric ester groups is 1. The number of nitrogens with two attached hydrogens (primary N) is 1. The van der Waals surface area contributed by atoms with Crippen LogP contribution < -0.4 is 21.3 Å². The SMILES string of the molecule is CCN1C2=CC=CC3=[N+](CCCCCC(=O)NCCNC(=O)O[C@H]4[C@@H](O)[C@H](n5cnc6c(N)ncnc65)O[C@@H]4COP(=O)(O)OP(=O)(O)OP(=O)(O)O)c4ccc(S(=O)(=O)O)cc4C3(C)CC2(C)c2cc(S(=O)(=O)[O-])ccc21. The molecule has 1 saturated heterocycles. The van der Waals surface area contributed by atoms with Gasteiger partial charge in [-0.3, -0.25) is 18.4 Å². The number of imidazole rings is 1. The number of phosphoric acid groups is 3. The van der Waals surface area contributed by atoms with E-state index >= 15 is 0 Å². The average Bonchev–Trinajstić information content (AvgIpc) is 4.02. The van der Waals surface area contributed by atoms with Crippen molar-refractivity contribution in [1.29, 1.82) is 0 Å². The fourth-order valence-corrected chi connectivity index (χ4v) is 14.4. The molecule has 2 aromatic heterocycles. The molecule has 0 bridgehead atoms. The molecule has 2 amide bonds. The van der Waals surface area contributed by atoms with E-state index in [0.717, 1.165) is 29.8 Å². The van der Waals surface area contributed by atoms with Crippen LogP contribution in [0.15, 0.2) is 82.8 Å². The molecule has 8 atom stereocenters. The number of hydrogen-bond acceptors (Lipinski definition) is 21. The lowest BCUT2D eigenvalue weighted by Gasteiger charge is -2.37. The van der Waals surface area contributed by atoms with Crippen LogP contribution in [0, 0.1) is 0 Å². The van der Waals surface area contributed by atoms with Crippen LogP contribution in [0.4, 0.5) is 22.0 Å². The number of unbranched alkanes of at least 4 members (excludes halogenated alkanes) is 2. The van der Waals surface area contributed by atoms with E-state index in [4.69, 9.17) is 29.5 Å². The number of nitrogens with one attached hydrogen (secondary N) is 2. The maximum absolute atomic E-state index is 13.0. The molecule has 4 aliphatic rings. The maximum atomic E-state index is 13.0. The van der Waals surface area contributed by atoms with E-state index in [2.05, 4.69) is 38.8 Å². The Morgan fingerprint density at radius 1 is 0.936 bits per heavy atom. The summed E-state index contributed by atoms with van der Waals surface area (Å²) in [5.41, 5.74) is 8.46. The number of aromatic nitrogens is 4. The molecule has 1 fully saturated rings. The molecule has 0 spiro atoms. The summed E-state index contributed by atoms with van der Waals surface area (Å²) in [6.45, 7) is 5.38. The number of carbonyl (C=O) groups excluding carboxylic acids is 2. The van der Waals surface area contributed by atoms with Crippen LogP contribution in [-0.4, -0.2) is 144 Å². The average molecular weight is 1190 g/mol. The van der Waals surface area contributed by atoms with Gasteiger partial charge in [0.1, 0.15) is 40.7 Å². The number of nitrogen functional groups attached to an aromatic ring is 1. The molecule has 78 heavy (non-hydrogen) atoms. The molecule has 0 saturated carbocycles. The van der Waals surface area contributed by atoms with E-state index in [0.29, 0.717) is 55.6 Å². The van der Waals surface area contributed by atoms with Gasteiger partial charge < -0.3 is 60.0 Å². The third-order valence-corrected chi connectivity index (χ3v) is 19.1. The second-order valence-corrected chi connectivity index (χ2v) is 26.0. The minimum Gasteiger partial charge on any atom is -0.744 e. The maximum Gasteiger partial charge on any atom is 0.490 e. The van der Waals surface area contributed by atoms with Crippen molar-refractivity contribution in [3.05, 3.63) is 84.1 Å². The number of fused-ring (bicyclic) bond motifs is 7. The number of amides is 2. The van der Waals surface area contributed by atoms with Gasteiger partial charge in [-0.05, 0) is 82.0 Å². The molecular weight excluding hydrogens is 1140 g/mol. The summed E-state index contributed by atoms with van der Waals surface area (Å²) in [7, 11) is -26.8. The number of hydrogen-bond donors (Lipinski definition) is 9. The molecule has 4 aromatic rings. The van der Waals surface area contributed by atoms with Gasteiger partial charge in [0.25, 0.3) is 10.1 Å². The van der Waals surface area contributed by atoms with E-state index < -0.39 is 91.8 Å². The Hall–Kier alpha value is -5.37. The quantitative estimate of drug-likeness (QED) is 0.0250. The summed E-state index contributed by atoms with van der Waals surface area (Å²) < 4.78 is 134. The van der Waals surface area contributed by atoms with E-state index in [9.17, 15) is 64.1 Å². The third-order valence-electron chi connectivity index (χ3n) is 13.6. The van der Waals surface area contributed by atoms with Gasteiger partial charge in [0.2, 0.25) is 11.6 Å². The second-order valence-electron chi connectivity index (χ2n) is 18.8. The van der Waals surface area contributed by atoms with Crippen molar-refractivity contribution >= 4 is 89.8 Å². The summed E-state index contributed by atoms with van der Waals surface area (Å²) in [6, 6.07) is 8.69. The zero-order chi connectivity index (χ0) is 57.0. The van der Waals surface area contributed by atoms with Gasteiger partial charge in [-0.2, -0.15) is 21.6 Å². The molecule has 4 unspecified atom stereocenters. The fraction of sp³-hybridized carbons (Fsp3) is 0.442. The standard InChI is InChI=1S/C43H54N9O21P3S2/c1-4-50-29-14-12-25(77(63,64)65)19-27(29)42(2)22-43(3)28-20-26(78(66,67)68)13-15-30(28)51(33(43)10-8-9-32(42)50)18-7-5-6-11-34(53)45-16-17-46-41(55)71-37-31(21-69-75(59,60)73-76(61,62)72-74(56,57)58)70-40(36(37)54)52-24-49-35-38(44)47-23-48-39(35)52/h8-10,12-15,19-20,23-24,31,36-37,40,54H,4-7,11,16-18,21-22H2,1-3H3,(H9-,44,45,46,47,48,53,55,56,57,58,59,60,61,62,63,64,65,66,67,68)/t31-,36-,37-,40-,42?,43?/m1/s1. The molecule has 8 rings (SSSR count). The summed E-state index contributed by atoms with van der Waals surface area (Å²) >= 11 is 0. The summed E-state index contributed by atoms with van der Waals surface area (Å²) in [6.07, 6.45) is 2.02. The molecule has 30 nitrogen and oxygen atoms in total. The highest BCUT2D eigenvalue weighted by Gasteiger charge is 2.56. The van der Waals surface area contributed by atoms with Crippen molar-refractivity contribution in [2.75, 3.05) is 43.4 Å². The fourth-order valence-electron chi connectivity index (χ4n) is 10.4. The first-order valence-corrected chi connectivity index (χ1v) is 31.0. The van der Waals surface area contributed by atoms with Crippen LogP contribution in [0.3, 0.4) is 0 Å². The van der Waals surface area contributed by atoms with Crippen molar-refractivity contribution < 1.29 is 101 Å². The summed E-state index contributed by atoms with van der Waals surface area (Å²) in [5.74, 6) is -0.417. The van der Waals surface area contributed by atoms with Crippen molar-refractivity contribution in [2.45, 2.75) is 98.0 Å². The Morgan fingerprint density at radius 2 is 1.64 bits per heavy atom. The van der Waals surface area contributed by atoms with Gasteiger partial charge in [0.05, 0.1) is 28.1 Å². The number of nitrogens with zero attached hydrogens (tertiary/aromatic N) is 6. The molecule has 5 heterocycles. The molecule has 10 N–H and O–H groups in total. The predicted octanol–water partition coefficient (Wildman–Crippen LogP) is 2.63. The molecular formula is C43H54N9O21P3S2. The second kappa shape index (κ2) is 21.9. The molecule has 1 aliphatic carbocycles. The van der Waals surface area contributed by atoms with Gasteiger partial charge in [-0.1, -0.05) is 6.08 Å². The third kappa shape index (κ3) is 12.3. The first-order valence-electron chi connectivity index (χ1n) is 23.7. The Kier molecular flexibility index (Phi) is 16.5. The van der Waals surface area contributed by atoms with Gasteiger partial charge in [0.15, 0.2) is 29.5 Å². The molecule has 0 radical (unpaired) electrons. The monoisotopic (exact) mass is 1190 g/mol. The number of ether oxygens (including phenoxy) is 2. The Balaban J connectivity index is 0.880. The predicted molar refractivity (Wildman–Crippen MR) is 269 cm³/mol. The summed E-state index contributed by atoms with van der Waals surface area (Å²) in [5, 5.41) is 16.4. The highest BCUT2D eigenvalue weighted by molar-refractivity contribution is 7.86. The van der Waals surface area contributed by atoms with Crippen molar-refractivity contribution in [2.24, 2.45) is 0 Å². The Labute approximate surface area is 444 Å². The molecule has 424 valence electrons. The van der Waals surface area contributed by atoms with E-state index in [-0.39, 0.29) is 52.2 Å². The van der Waals surface area contributed by atoms with Crippen molar-refractivity contribution in [3.63, 3.8) is 0 Å². The van der Waals surface area contributed by atoms with Gasteiger partial charge in [-0.15, -0.1) is 0 Å². The number of aliphatic hydroxyl groups is 1. The lowest BCUT2D eigenvalue weighted by molar-refractivity contribution is -0.438. The Bertz CT molecular complexity index is 3540. The van der Waals surface area contributed by atoms with E-state index in [1.54, 1.807) is 12.1 Å². The van der Waals surface area contributed by atoms with E-state index in [1.165, 1.54) is 28.8 Å². The number of likely N-dealkylation sites (N-methyl/N-ethyl adjacent to an activating group) is 1. The van der Waals surface area contributed by atoms with Crippen molar-refractivity contribution in [3.8, 4) is 0 Å². The summed E-state index contributed by atoms with van der Waals surface area (Å²) in [4.78, 5) is 76.6. The van der Waals surface area contributed by atoms with Crippen LogP contribution >= 0.6 is 23.5 Å². The molecule has 3 aliphatic heterocycles. The van der Waals surface area contributed by atoms with Gasteiger partial charge >= 0.3 is 29.6 Å². The van der Waals surface area contributed by atoms with Crippen LogP contribution in [0.2, 0.25) is 0 Å². The minimum absolute atomic E-state index is 0.0398. The van der Waals surface area contributed by atoms with Gasteiger partial charge in [-0.25, -0.2) is 41.9 Å². The molecule has 2 aromatic carbocycles. The number of anilines is 2. The molecule has 35 heteroatoms. The zero-order valence-corrected chi connectivity index (χ0v) is 45.8. The van der Waals surface area contributed by atoms with Crippen LogP contribution in [-0.2, 0) is 72.2 Å². The van der Waals surface area contributed by atoms with Gasteiger partial charge in [0, 0.05) is 67.0 Å². The number of rotatable bonds is 21. The van der Waals surface area contributed by atoms with Crippen LogP contribution in [0.1, 0.15) is 70.2 Å². The number of aliphatic hydroxyl groups excluding tert-OH is 1. The van der Waals surface area contributed by atoms with Crippen LogP contribution in [0.25, 0.3) is 11.2 Å². The Morgan fingerprint density at radius 3 is 2.33 bits per heavy atom. The highest BCUT2D eigenvalue weighted by atomic mass is 32.2. The lowest BCUT2D eigenvalue weighted by atomic mass is 9.64. The first kappa shape index (κ1) is 58.8. The van der Waals surface area contributed by atoms with E-state index in [1.807, 2.05) is 43.9 Å². The number of alkyl carbamates (subject to hydrolysis) is 1. The number of benzene rings is 2. The zero-order valence-electron chi connectivity index (χ0n) is 41.5. The van der Waals surface area contributed by atoms with Crippen LogP contribution in [0.5, 0.6) is 0 Å². The normalized spacial score (nSPS) is 24.5. The minimum atomic E-state index is -5.91.